The lowest BCUT2D eigenvalue weighted by Gasteiger charge is -2.11. The number of carbonyl (C=O) groups is 1. The van der Waals surface area contributed by atoms with Crippen LogP contribution in [0.2, 0.25) is 0 Å². The Morgan fingerprint density at radius 3 is 2.44 bits per heavy atom. The SMILES string of the molecule is CCOc1ccccc1NC(=O)c1cnc(NCc2ccc(C)cc2)nc1. The zero-order chi connectivity index (χ0) is 19.1. The largest absolute Gasteiger partial charge is 0.492 e. The van der Waals surface area contributed by atoms with Gasteiger partial charge >= 0.3 is 0 Å². The number of ether oxygens (including phenoxy) is 1. The number of aryl methyl sites for hydroxylation is 1. The lowest BCUT2D eigenvalue weighted by Crippen LogP contribution is -2.14. The predicted octanol–water partition coefficient (Wildman–Crippen LogP) is 4.05. The molecule has 0 aliphatic rings. The summed E-state index contributed by atoms with van der Waals surface area (Å²) in [6, 6.07) is 15.5. The fraction of sp³-hybridized carbons (Fsp3) is 0.190. The summed E-state index contributed by atoms with van der Waals surface area (Å²) in [5.41, 5.74) is 3.35. The standard InChI is InChI=1S/C21H22N4O2/c1-3-27-19-7-5-4-6-18(19)25-20(26)17-13-23-21(24-14-17)22-12-16-10-8-15(2)9-11-16/h4-11,13-14H,3,12H2,1-2H3,(H,25,26)(H,22,23,24). The summed E-state index contributed by atoms with van der Waals surface area (Å²) in [4.78, 5) is 20.9. The van der Waals surface area contributed by atoms with E-state index in [0.29, 0.717) is 36.1 Å². The summed E-state index contributed by atoms with van der Waals surface area (Å²) >= 11 is 0. The minimum Gasteiger partial charge on any atom is -0.492 e. The molecule has 0 unspecified atom stereocenters. The molecule has 27 heavy (non-hydrogen) atoms. The van der Waals surface area contributed by atoms with Gasteiger partial charge in [-0.1, -0.05) is 42.0 Å². The number of nitrogens with zero attached hydrogens (tertiary/aromatic N) is 2. The summed E-state index contributed by atoms with van der Waals surface area (Å²) in [5, 5.41) is 5.98. The minimum absolute atomic E-state index is 0.285. The molecule has 0 radical (unpaired) electrons. The van der Waals surface area contributed by atoms with E-state index in [-0.39, 0.29) is 5.91 Å². The van der Waals surface area contributed by atoms with E-state index in [1.165, 1.54) is 18.0 Å². The average molecular weight is 362 g/mol. The molecule has 0 aliphatic carbocycles. The molecule has 3 rings (SSSR count). The fourth-order valence-electron chi connectivity index (χ4n) is 2.47. The number of aromatic nitrogens is 2. The van der Waals surface area contributed by atoms with E-state index in [1.54, 1.807) is 6.07 Å². The van der Waals surface area contributed by atoms with E-state index in [0.717, 1.165) is 5.56 Å². The molecule has 138 valence electrons. The molecule has 6 nitrogen and oxygen atoms in total. The van der Waals surface area contributed by atoms with Crippen molar-refractivity contribution in [2.75, 3.05) is 17.2 Å². The van der Waals surface area contributed by atoms with Gasteiger partial charge in [0.25, 0.3) is 5.91 Å². The van der Waals surface area contributed by atoms with Crippen molar-refractivity contribution in [2.45, 2.75) is 20.4 Å². The van der Waals surface area contributed by atoms with Crippen molar-refractivity contribution in [3.63, 3.8) is 0 Å². The lowest BCUT2D eigenvalue weighted by atomic mass is 10.1. The van der Waals surface area contributed by atoms with Gasteiger partial charge in [0, 0.05) is 18.9 Å². The quantitative estimate of drug-likeness (QED) is 0.663. The normalized spacial score (nSPS) is 10.3. The smallest absolute Gasteiger partial charge is 0.258 e. The molecule has 0 bridgehead atoms. The van der Waals surface area contributed by atoms with Crippen LogP contribution in [0, 0.1) is 6.92 Å². The zero-order valence-electron chi connectivity index (χ0n) is 15.4. The molecule has 0 saturated heterocycles. The first-order chi connectivity index (χ1) is 13.2. The van der Waals surface area contributed by atoms with Gasteiger partial charge in [-0.3, -0.25) is 4.79 Å². The van der Waals surface area contributed by atoms with Gasteiger partial charge in [-0.15, -0.1) is 0 Å². The zero-order valence-corrected chi connectivity index (χ0v) is 15.4. The third-order valence-electron chi connectivity index (χ3n) is 3.92. The molecular weight excluding hydrogens is 340 g/mol. The van der Waals surface area contributed by atoms with Crippen molar-refractivity contribution >= 4 is 17.5 Å². The number of carbonyl (C=O) groups excluding carboxylic acids is 1. The molecular formula is C21H22N4O2. The Morgan fingerprint density at radius 2 is 1.74 bits per heavy atom. The maximum atomic E-state index is 12.4. The average Bonchev–Trinajstić information content (AvgIpc) is 2.69. The Balaban J connectivity index is 1.61. The highest BCUT2D eigenvalue weighted by molar-refractivity contribution is 6.04. The molecule has 0 saturated carbocycles. The third kappa shape index (κ3) is 5.04. The van der Waals surface area contributed by atoms with Gasteiger partial charge in [0.2, 0.25) is 5.95 Å². The van der Waals surface area contributed by atoms with E-state index in [1.807, 2.05) is 25.1 Å². The van der Waals surface area contributed by atoms with Gasteiger partial charge < -0.3 is 15.4 Å². The third-order valence-corrected chi connectivity index (χ3v) is 3.92. The van der Waals surface area contributed by atoms with Crippen LogP contribution in [0.15, 0.2) is 60.9 Å². The van der Waals surface area contributed by atoms with Crippen LogP contribution in [0.4, 0.5) is 11.6 Å². The highest BCUT2D eigenvalue weighted by Gasteiger charge is 2.10. The van der Waals surface area contributed by atoms with Crippen molar-refractivity contribution in [3.05, 3.63) is 77.6 Å². The van der Waals surface area contributed by atoms with Gasteiger partial charge in [0.1, 0.15) is 5.75 Å². The molecule has 2 aromatic carbocycles. The van der Waals surface area contributed by atoms with Crippen molar-refractivity contribution in [2.24, 2.45) is 0 Å². The fourth-order valence-corrected chi connectivity index (χ4v) is 2.47. The molecule has 0 atom stereocenters. The number of amides is 1. The van der Waals surface area contributed by atoms with Crippen LogP contribution in [0.3, 0.4) is 0 Å². The Kier molecular flexibility index (Phi) is 5.99. The van der Waals surface area contributed by atoms with Crippen molar-refractivity contribution in [3.8, 4) is 5.75 Å². The molecule has 0 spiro atoms. The van der Waals surface area contributed by atoms with Gasteiger partial charge in [-0.05, 0) is 31.5 Å². The Labute approximate surface area is 158 Å². The summed E-state index contributed by atoms with van der Waals surface area (Å²) < 4.78 is 5.52. The van der Waals surface area contributed by atoms with Crippen LogP contribution in [0.5, 0.6) is 5.75 Å². The van der Waals surface area contributed by atoms with Crippen LogP contribution in [-0.2, 0) is 6.54 Å². The first-order valence-corrected chi connectivity index (χ1v) is 8.80. The number of anilines is 2. The Morgan fingerprint density at radius 1 is 1.04 bits per heavy atom. The topological polar surface area (TPSA) is 76.1 Å². The summed E-state index contributed by atoms with van der Waals surface area (Å²) in [5.74, 6) is 0.819. The van der Waals surface area contributed by atoms with E-state index < -0.39 is 0 Å². The molecule has 0 aliphatic heterocycles. The maximum absolute atomic E-state index is 12.4. The second kappa shape index (κ2) is 8.80. The molecule has 0 fully saturated rings. The molecule has 1 heterocycles. The molecule has 2 N–H and O–H groups in total. The van der Waals surface area contributed by atoms with Crippen LogP contribution in [0.25, 0.3) is 0 Å². The van der Waals surface area contributed by atoms with Crippen LogP contribution >= 0.6 is 0 Å². The number of hydrogen-bond donors (Lipinski definition) is 2. The molecule has 6 heteroatoms. The van der Waals surface area contributed by atoms with Crippen LogP contribution < -0.4 is 15.4 Å². The number of benzene rings is 2. The van der Waals surface area contributed by atoms with Gasteiger partial charge in [0.05, 0.1) is 17.9 Å². The van der Waals surface area contributed by atoms with E-state index in [2.05, 4.69) is 51.8 Å². The maximum Gasteiger partial charge on any atom is 0.258 e. The number of para-hydroxylation sites is 2. The number of hydrogen-bond acceptors (Lipinski definition) is 5. The Hall–Kier alpha value is -3.41. The van der Waals surface area contributed by atoms with E-state index >= 15 is 0 Å². The van der Waals surface area contributed by atoms with Crippen LogP contribution in [-0.4, -0.2) is 22.5 Å². The van der Waals surface area contributed by atoms with Crippen molar-refractivity contribution in [1.82, 2.24) is 9.97 Å². The van der Waals surface area contributed by atoms with Crippen molar-refractivity contribution in [1.29, 1.82) is 0 Å². The second-order valence-electron chi connectivity index (χ2n) is 6.02. The highest BCUT2D eigenvalue weighted by atomic mass is 16.5. The van der Waals surface area contributed by atoms with Gasteiger partial charge in [-0.25, -0.2) is 9.97 Å². The number of nitrogens with one attached hydrogen (secondary N) is 2. The summed E-state index contributed by atoms with van der Waals surface area (Å²) in [7, 11) is 0. The lowest BCUT2D eigenvalue weighted by molar-refractivity contribution is 0.102. The molecule has 1 aromatic heterocycles. The first-order valence-electron chi connectivity index (χ1n) is 8.80. The van der Waals surface area contributed by atoms with Gasteiger partial charge in [0.15, 0.2) is 0 Å². The number of rotatable bonds is 7. The predicted molar refractivity (Wildman–Crippen MR) is 106 cm³/mol. The monoisotopic (exact) mass is 362 g/mol. The minimum atomic E-state index is -0.285. The van der Waals surface area contributed by atoms with Gasteiger partial charge in [-0.2, -0.15) is 0 Å². The van der Waals surface area contributed by atoms with E-state index in [4.69, 9.17) is 4.74 Å². The Bertz CT molecular complexity index is 893. The first kappa shape index (κ1) is 18.4. The van der Waals surface area contributed by atoms with Crippen LogP contribution in [0.1, 0.15) is 28.4 Å². The van der Waals surface area contributed by atoms with Crippen molar-refractivity contribution < 1.29 is 9.53 Å². The van der Waals surface area contributed by atoms with E-state index in [9.17, 15) is 4.79 Å². The molecule has 1 amide bonds. The molecule has 3 aromatic rings. The summed E-state index contributed by atoms with van der Waals surface area (Å²) in [6.45, 7) is 5.09. The second-order valence-corrected chi connectivity index (χ2v) is 6.02. The summed E-state index contributed by atoms with van der Waals surface area (Å²) in [6.07, 6.45) is 3.01. The highest BCUT2D eigenvalue weighted by Crippen LogP contribution is 2.24.